The van der Waals surface area contributed by atoms with Crippen molar-refractivity contribution < 1.29 is 19.1 Å². The fourth-order valence-corrected chi connectivity index (χ4v) is 7.54. The molecule has 6 atom stereocenters. The Bertz CT molecular complexity index is 678. The molecule has 1 aliphatic heterocycles. The Balaban J connectivity index is 1.84. The SMILES string of the molecule is CC(=O)O[C@@H]1C=C2C(=O)OC[C@H]2[C@]2(C)CC[C@H]3C(C)(C)CCC[C@]3(C)[C@@H]12. The second kappa shape index (κ2) is 5.59. The number of carbonyl (C=O) groups excluding carboxylic acids is 2. The van der Waals surface area contributed by atoms with Crippen molar-refractivity contribution in [2.45, 2.75) is 72.8 Å². The van der Waals surface area contributed by atoms with Gasteiger partial charge in [0.05, 0.1) is 6.61 Å². The molecule has 0 amide bonds. The minimum atomic E-state index is -0.323. The Morgan fingerprint density at radius 3 is 2.58 bits per heavy atom. The van der Waals surface area contributed by atoms with E-state index in [0.717, 1.165) is 12.0 Å². The molecular weight excluding hydrogens is 328 g/mol. The number of hydrogen-bond donors (Lipinski definition) is 0. The van der Waals surface area contributed by atoms with Gasteiger partial charge >= 0.3 is 11.9 Å². The van der Waals surface area contributed by atoms with E-state index in [1.807, 2.05) is 6.08 Å². The van der Waals surface area contributed by atoms with Crippen molar-refractivity contribution in [3.8, 4) is 0 Å². The maximum absolute atomic E-state index is 12.3. The van der Waals surface area contributed by atoms with E-state index in [-0.39, 0.29) is 40.7 Å². The maximum atomic E-state index is 12.3. The van der Waals surface area contributed by atoms with E-state index in [9.17, 15) is 9.59 Å². The molecule has 144 valence electrons. The summed E-state index contributed by atoms with van der Waals surface area (Å²) in [6.07, 6.45) is 7.51. The first-order valence-electron chi connectivity index (χ1n) is 10.2. The standard InChI is InChI=1S/C22H32O4/c1-13(23)26-16-11-14-15(12-25-19(14)24)21(4)10-7-17-20(2,3)8-6-9-22(17,5)18(16)21/h11,15-18H,6-10,12H2,1-5H3/t15-,16-,17+,18+,21+,22+/m1/s1. The first-order chi connectivity index (χ1) is 12.1. The molecule has 26 heavy (non-hydrogen) atoms. The molecule has 0 unspecified atom stereocenters. The largest absolute Gasteiger partial charge is 0.462 e. The second-order valence-electron chi connectivity index (χ2n) is 10.3. The summed E-state index contributed by atoms with van der Waals surface area (Å²) >= 11 is 0. The van der Waals surface area contributed by atoms with Crippen molar-refractivity contribution in [2.24, 2.45) is 34.0 Å². The third-order valence-corrected chi connectivity index (χ3v) is 8.43. The third-order valence-electron chi connectivity index (χ3n) is 8.43. The molecular formula is C22H32O4. The van der Waals surface area contributed by atoms with Gasteiger partial charge in [0.2, 0.25) is 0 Å². The van der Waals surface area contributed by atoms with Crippen molar-refractivity contribution in [1.82, 2.24) is 0 Å². The quantitative estimate of drug-likeness (QED) is 0.655. The van der Waals surface area contributed by atoms with Crippen LogP contribution in [0.25, 0.3) is 0 Å². The van der Waals surface area contributed by atoms with Crippen LogP contribution >= 0.6 is 0 Å². The number of hydrogen-bond acceptors (Lipinski definition) is 4. The summed E-state index contributed by atoms with van der Waals surface area (Å²) in [6, 6.07) is 0. The Hall–Kier alpha value is -1.32. The first kappa shape index (κ1) is 18.1. The van der Waals surface area contributed by atoms with Crippen LogP contribution in [-0.2, 0) is 19.1 Å². The number of fused-ring (bicyclic) bond motifs is 5. The van der Waals surface area contributed by atoms with Crippen molar-refractivity contribution in [1.29, 1.82) is 0 Å². The van der Waals surface area contributed by atoms with Gasteiger partial charge in [0.1, 0.15) is 6.10 Å². The van der Waals surface area contributed by atoms with Gasteiger partial charge in [-0.1, -0.05) is 34.1 Å². The number of cyclic esters (lactones) is 1. The molecule has 4 aliphatic rings. The predicted octanol–water partition coefficient (Wildman–Crippen LogP) is 4.28. The average Bonchev–Trinajstić information content (AvgIpc) is 2.87. The van der Waals surface area contributed by atoms with Gasteiger partial charge in [-0.15, -0.1) is 0 Å². The van der Waals surface area contributed by atoms with Crippen molar-refractivity contribution in [3.63, 3.8) is 0 Å². The molecule has 2 saturated carbocycles. The molecule has 0 radical (unpaired) electrons. The molecule has 1 saturated heterocycles. The zero-order valence-electron chi connectivity index (χ0n) is 16.8. The summed E-state index contributed by atoms with van der Waals surface area (Å²) in [4.78, 5) is 24.2. The van der Waals surface area contributed by atoms with Crippen LogP contribution in [0, 0.1) is 34.0 Å². The Morgan fingerprint density at radius 1 is 1.15 bits per heavy atom. The van der Waals surface area contributed by atoms with E-state index < -0.39 is 0 Å². The summed E-state index contributed by atoms with van der Waals surface area (Å²) < 4.78 is 11.3. The smallest absolute Gasteiger partial charge is 0.334 e. The summed E-state index contributed by atoms with van der Waals surface area (Å²) in [5.74, 6) is 0.505. The van der Waals surface area contributed by atoms with Crippen LogP contribution in [0.5, 0.6) is 0 Å². The topological polar surface area (TPSA) is 52.6 Å². The van der Waals surface area contributed by atoms with Gasteiger partial charge in [-0.2, -0.15) is 0 Å². The predicted molar refractivity (Wildman–Crippen MR) is 98.1 cm³/mol. The van der Waals surface area contributed by atoms with Crippen LogP contribution in [0.15, 0.2) is 11.6 Å². The molecule has 3 fully saturated rings. The molecule has 3 aliphatic carbocycles. The summed E-state index contributed by atoms with van der Waals surface area (Å²) in [7, 11) is 0. The number of carbonyl (C=O) groups is 2. The molecule has 1 heterocycles. The van der Waals surface area contributed by atoms with Crippen LogP contribution in [0.3, 0.4) is 0 Å². The third kappa shape index (κ3) is 2.33. The van der Waals surface area contributed by atoms with Crippen LogP contribution < -0.4 is 0 Å². The van der Waals surface area contributed by atoms with Crippen molar-refractivity contribution in [2.75, 3.05) is 6.61 Å². The fourth-order valence-electron chi connectivity index (χ4n) is 7.54. The zero-order chi connectivity index (χ0) is 18.9. The van der Waals surface area contributed by atoms with Gasteiger partial charge < -0.3 is 9.47 Å². The molecule has 0 aromatic heterocycles. The summed E-state index contributed by atoms with van der Waals surface area (Å²) in [5.41, 5.74) is 1.10. The summed E-state index contributed by atoms with van der Waals surface area (Å²) in [6.45, 7) is 11.5. The molecule has 0 aromatic carbocycles. The van der Waals surface area contributed by atoms with Crippen molar-refractivity contribution in [3.05, 3.63) is 11.6 Å². The minimum Gasteiger partial charge on any atom is -0.462 e. The van der Waals surface area contributed by atoms with E-state index in [0.29, 0.717) is 17.9 Å². The number of esters is 2. The molecule has 0 N–H and O–H groups in total. The molecule has 0 spiro atoms. The van der Waals surface area contributed by atoms with Crippen LogP contribution in [0.4, 0.5) is 0 Å². The van der Waals surface area contributed by atoms with E-state index in [2.05, 4.69) is 27.7 Å². The van der Waals surface area contributed by atoms with Gasteiger partial charge in [0.15, 0.2) is 0 Å². The molecule has 4 nitrogen and oxygen atoms in total. The van der Waals surface area contributed by atoms with Gasteiger partial charge in [0, 0.05) is 24.3 Å². The van der Waals surface area contributed by atoms with Gasteiger partial charge in [-0.3, -0.25) is 4.79 Å². The highest BCUT2D eigenvalue weighted by molar-refractivity contribution is 5.91. The molecule has 0 bridgehead atoms. The number of ether oxygens (including phenoxy) is 2. The first-order valence-corrected chi connectivity index (χ1v) is 10.2. The van der Waals surface area contributed by atoms with Crippen LogP contribution in [-0.4, -0.2) is 24.6 Å². The van der Waals surface area contributed by atoms with E-state index in [4.69, 9.17) is 9.47 Å². The van der Waals surface area contributed by atoms with Gasteiger partial charge in [0.25, 0.3) is 0 Å². The highest BCUT2D eigenvalue weighted by Crippen LogP contribution is 2.69. The normalized spacial score (nSPS) is 46.3. The average molecular weight is 360 g/mol. The van der Waals surface area contributed by atoms with Crippen LogP contribution in [0.1, 0.15) is 66.7 Å². The lowest BCUT2D eigenvalue weighted by atomic mass is 9.39. The molecule has 0 aromatic rings. The Labute approximate surface area is 156 Å². The number of rotatable bonds is 1. The Kier molecular flexibility index (Phi) is 3.88. The highest BCUT2D eigenvalue weighted by atomic mass is 16.5. The lowest BCUT2D eigenvalue weighted by Crippen LogP contribution is -2.62. The van der Waals surface area contributed by atoms with E-state index in [1.54, 1.807) is 0 Å². The lowest BCUT2D eigenvalue weighted by Gasteiger charge is -2.65. The van der Waals surface area contributed by atoms with E-state index >= 15 is 0 Å². The maximum Gasteiger partial charge on any atom is 0.334 e. The highest BCUT2D eigenvalue weighted by Gasteiger charge is 2.65. The van der Waals surface area contributed by atoms with Gasteiger partial charge in [-0.25, -0.2) is 4.79 Å². The zero-order valence-corrected chi connectivity index (χ0v) is 16.8. The summed E-state index contributed by atoms with van der Waals surface area (Å²) in [5, 5.41) is 0. The van der Waals surface area contributed by atoms with Crippen molar-refractivity contribution >= 4 is 11.9 Å². The lowest BCUT2D eigenvalue weighted by molar-refractivity contribution is -0.190. The second-order valence-corrected chi connectivity index (χ2v) is 10.3. The monoisotopic (exact) mass is 360 g/mol. The molecule has 4 heteroatoms. The van der Waals surface area contributed by atoms with E-state index in [1.165, 1.54) is 32.6 Å². The minimum absolute atomic E-state index is 0.0605. The molecule has 4 rings (SSSR count). The fraction of sp³-hybridized carbons (Fsp3) is 0.818. The van der Waals surface area contributed by atoms with Crippen LogP contribution in [0.2, 0.25) is 0 Å². The van der Waals surface area contributed by atoms with Gasteiger partial charge in [-0.05, 0) is 53.9 Å². The Morgan fingerprint density at radius 2 is 1.88 bits per heavy atom.